The number of para-hydroxylation sites is 1. The van der Waals surface area contributed by atoms with Gasteiger partial charge in [-0.3, -0.25) is 13.9 Å². The number of nitrogens with one attached hydrogen (secondary N) is 1. The van der Waals surface area contributed by atoms with Crippen molar-refractivity contribution in [3.63, 3.8) is 0 Å². The molecule has 0 aliphatic carbocycles. The molecule has 7 nitrogen and oxygen atoms in total. The summed E-state index contributed by atoms with van der Waals surface area (Å²) in [6.07, 6.45) is 1.78. The van der Waals surface area contributed by atoms with Crippen molar-refractivity contribution >= 4 is 50.7 Å². The Balaban J connectivity index is 1.79. The van der Waals surface area contributed by atoms with Crippen molar-refractivity contribution in [2.75, 3.05) is 17.4 Å². The number of amides is 2. The quantitative estimate of drug-likeness (QED) is 0.148. The Hall–Kier alpha value is -3.92. The molecule has 4 aromatic carbocycles. The molecule has 236 valence electrons. The fraction of sp³-hybridized carbons (Fsp3) is 0.235. The van der Waals surface area contributed by atoms with Crippen LogP contribution < -0.4 is 9.62 Å². The lowest BCUT2D eigenvalue weighted by molar-refractivity contribution is -0.140. The third kappa shape index (κ3) is 9.06. The van der Waals surface area contributed by atoms with E-state index in [1.807, 2.05) is 37.3 Å². The van der Waals surface area contributed by atoms with Gasteiger partial charge in [-0.1, -0.05) is 91.1 Å². The molecule has 11 heteroatoms. The maximum Gasteiger partial charge on any atom is 0.264 e. The highest BCUT2D eigenvalue weighted by Crippen LogP contribution is 2.27. The molecule has 0 aromatic heterocycles. The summed E-state index contributed by atoms with van der Waals surface area (Å²) >= 11 is 12.7. The number of unbranched alkanes of at least 4 members (excludes halogenated alkanes) is 1. The topological polar surface area (TPSA) is 86.8 Å². The predicted molar refractivity (Wildman–Crippen MR) is 176 cm³/mol. The number of hydrogen-bond donors (Lipinski definition) is 1. The van der Waals surface area contributed by atoms with E-state index in [-0.39, 0.29) is 29.5 Å². The molecule has 2 amide bonds. The summed E-state index contributed by atoms with van der Waals surface area (Å²) in [5.74, 6) is -1.61. The minimum Gasteiger partial charge on any atom is -0.354 e. The molecule has 0 bridgehead atoms. The normalized spacial score (nSPS) is 11.9. The van der Waals surface area contributed by atoms with Crippen LogP contribution in [0.1, 0.15) is 30.9 Å². The molecule has 0 radical (unpaired) electrons. The lowest BCUT2D eigenvalue weighted by Gasteiger charge is -2.34. The molecule has 1 atom stereocenters. The summed E-state index contributed by atoms with van der Waals surface area (Å²) < 4.78 is 42.6. The number of anilines is 1. The second kappa shape index (κ2) is 15.9. The number of carbonyl (C=O) groups excluding carboxylic acids is 2. The number of sulfonamides is 1. The fourth-order valence-electron chi connectivity index (χ4n) is 4.75. The number of benzene rings is 4. The van der Waals surface area contributed by atoms with E-state index in [0.717, 1.165) is 47.0 Å². The summed E-state index contributed by atoms with van der Waals surface area (Å²) in [4.78, 5) is 29.4. The van der Waals surface area contributed by atoms with Gasteiger partial charge in [-0.15, -0.1) is 0 Å². The van der Waals surface area contributed by atoms with Gasteiger partial charge in [0.15, 0.2) is 0 Å². The van der Waals surface area contributed by atoms with Crippen LogP contribution in [0.25, 0.3) is 0 Å². The number of carbonyl (C=O) groups is 2. The van der Waals surface area contributed by atoms with Crippen LogP contribution in [-0.4, -0.2) is 44.3 Å². The first-order chi connectivity index (χ1) is 21.6. The van der Waals surface area contributed by atoms with Gasteiger partial charge in [0.1, 0.15) is 18.4 Å². The number of hydrogen-bond acceptors (Lipinski definition) is 4. The molecule has 0 heterocycles. The summed E-state index contributed by atoms with van der Waals surface area (Å²) in [5, 5.41) is 3.64. The van der Waals surface area contributed by atoms with Crippen LogP contribution in [0.5, 0.6) is 0 Å². The van der Waals surface area contributed by atoms with E-state index in [4.69, 9.17) is 23.2 Å². The summed E-state index contributed by atoms with van der Waals surface area (Å²) in [6, 6.07) is 25.6. The van der Waals surface area contributed by atoms with Crippen molar-refractivity contribution < 1.29 is 22.4 Å². The lowest BCUT2D eigenvalue weighted by atomic mass is 10.0. The molecule has 45 heavy (non-hydrogen) atoms. The molecule has 0 fully saturated rings. The Morgan fingerprint density at radius 3 is 2.16 bits per heavy atom. The van der Waals surface area contributed by atoms with Crippen LogP contribution in [0.4, 0.5) is 10.1 Å². The first-order valence-electron chi connectivity index (χ1n) is 14.5. The third-order valence-corrected chi connectivity index (χ3v) is 9.56. The third-order valence-electron chi connectivity index (χ3n) is 7.18. The second-order valence-corrected chi connectivity index (χ2v) is 13.1. The molecule has 4 rings (SSSR count). The molecule has 1 N–H and O–H groups in total. The summed E-state index contributed by atoms with van der Waals surface area (Å²) in [7, 11) is -4.33. The second-order valence-electron chi connectivity index (χ2n) is 10.4. The van der Waals surface area contributed by atoms with Crippen LogP contribution in [0, 0.1) is 5.82 Å². The van der Waals surface area contributed by atoms with E-state index < -0.39 is 34.3 Å². The monoisotopic (exact) mass is 669 g/mol. The highest BCUT2D eigenvalue weighted by molar-refractivity contribution is 7.92. The van der Waals surface area contributed by atoms with Gasteiger partial charge in [0, 0.05) is 29.6 Å². The predicted octanol–water partition coefficient (Wildman–Crippen LogP) is 6.88. The highest BCUT2D eigenvalue weighted by atomic mass is 35.5. The van der Waals surface area contributed by atoms with Crippen LogP contribution in [0.3, 0.4) is 0 Å². The van der Waals surface area contributed by atoms with Gasteiger partial charge in [0.05, 0.1) is 10.6 Å². The Bertz CT molecular complexity index is 1690. The standard InChI is InChI=1S/C34H34Cl2FN3O4S/c1-2-3-20-38-34(42)32(21-25-10-6-4-7-11-25)39(23-26-14-15-27(35)22-31(26)36)33(41)24-40(29-12-8-5-9-13-29)45(43,44)30-18-16-28(37)17-19-30/h4-19,22,32H,2-3,20-21,23-24H2,1H3,(H,38,42)/t32-/m0/s1. The Morgan fingerprint density at radius 2 is 1.53 bits per heavy atom. The minimum absolute atomic E-state index is 0.0905. The van der Waals surface area contributed by atoms with Gasteiger partial charge in [-0.2, -0.15) is 0 Å². The SMILES string of the molecule is CCCCNC(=O)[C@H](Cc1ccccc1)N(Cc1ccc(Cl)cc1Cl)C(=O)CN(c1ccccc1)S(=O)(=O)c1ccc(F)cc1. The molecule has 4 aromatic rings. The number of rotatable bonds is 14. The maximum atomic E-state index is 14.4. The summed E-state index contributed by atoms with van der Waals surface area (Å²) in [5.41, 5.74) is 1.57. The largest absolute Gasteiger partial charge is 0.354 e. The van der Waals surface area contributed by atoms with Crippen LogP contribution in [-0.2, 0) is 32.6 Å². The zero-order valence-corrected chi connectivity index (χ0v) is 27.0. The Morgan fingerprint density at radius 1 is 0.889 bits per heavy atom. The van der Waals surface area contributed by atoms with Crippen molar-refractivity contribution in [2.24, 2.45) is 0 Å². The molecule has 0 saturated heterocycles. The van der Waals surface area contributed by atoms with E-state index in [1.54, 1.807) is 48.5 Å². The number of halogens is 3. The van der Waals surface area contributed by atoms with E-state index in [0.29, 0.717) is 22.2 Å². The molecular weight excluding hydrogens is 636 g/mol. The zero-order chi connectivity index (χ0) is 32.4. The van der Waals surface area contributed by atoms with E-state index >= 15 is 0 Å². The van der Waals surface area contributed by atoms with Crippen molar-refractivity contribution in [1.29, 1.82) is 0 Å². The van der Waals surface area contributed by atoms with Gasteiger partial charge in [-0.25, -0.2) is 12.8 Å². The fourth-order valence-corrected chi connectivity index (χ4v) is 6.63. The molecule has 0 aliphatic rings. The van der Waals surface area contributed by atoms with E-state index in [2.05, 4.69) is 5.32 Å². The Kier molecular flexibility index (Phi) is 12.0. The van der Waals surface area contributed by atoms with Gasteiger partial charge in [-0.05, 0) is 66.1 Å². The molecule has 0 saturated carbocycles. The van der Waals surface area contributed by atoms with Crippen molar-refractivity contribution in [3.8, 4) is 0 Å². The average molecular weight is 671 g/mol. The zero-order valence-electron chi connectivity index (χ0n) is 24.7. The van der Waals surface area contributed by atoms with Crippen molar-refractivity contribution in [3.05, 3.63) is 130 Å². The Labute approximate surface area is 273 Å². The van der Waals surface area contributed by atoms with Crippen LogP contribution in [0.2, 0.25) is 10.0 Å². The van der Waals surface area contributed by atoms with Gasteiger partial charge in [0.2, 0.25) is 11.8 Å². The minimum atomic E-state index is -4.33. The van der Waals surface area contributed by atoms with Gasteiger partial charge < -0.3 is 10.2 Å². The molecule has 0 unspecified atom stereocenters. The summed E-state index contributed by atoms with van der Waals surface area (Å²) in [6.45, 7) is 1.69. The average Bonchev–Trinajstić information content (AvgIpc) is 3.03. The lowest BCUT2D eigenvalue weighted by Crippen LogP contribution is -2.53. The molecule has 0 spiro atoms. The van der Waals surface area contributed by atoms with Crippen LogP contribution in [0.15, 0.2) is 108 Å². The number of nitrogens with zero attached hydrogens (tertiary/aromatic N) is 2. The van der Waals surface area contributed by atoms with Crippen LogP contribution >= 0.6 is 23.2 Å². The van der Waals surface area contributed by atoms with Gasteiger partial charge >= 0.3 is 0 Å². The van der Waals surface area contributed by atoms with Crippen molar-refractivity contribution in [2.45, 2.75) is 43.7 Å². The van der Waals surface area contributed by atoms with Crippen molar-refractivity contribution in [1.82, 2.24) is 10.2 Å². The molecular formula is C34H34Cl2FN3O4S. The van der Waals surface area contributed by atoms with E-state index in [1.165, 1.54) is 4.90 Å². The van der Waals surface area contributed by atoms with E-state index in [9.17, 15) is 22.4 Å². The first-order valence-corrected chi connectivity index (χ1v) is 16.7. The highest BCUT2D eigenvalue weighted by Gasteiger charge is 2.34. The van der Waals surface area contributed by atoms with Gasteiger partial charge in [0.25, 0.3) is 10.0 Å². The maximum absolute atomic E-state index is 14.4. The smallest absolute Gasteiger partial charge is 0.264 e. The molecule has 0 aliphatic heterocycles. The first kappa shape index (κ1) is 34.0.